The lowest BCUT2D eigenvalue weighted by Crippen LogP contribution is -2.15. The molecule has 8 aromatic rings. The Morgan fingerprint density at radius 2 is 0.732 bits per heavy atom. The minimum absolute atomic E-state index is 0.366. The molecule has 2 aromatic heterocycles. The first-order valence-corrected chi connectivity index (χ1v) is 20.8. The highest BCUT2D eigenvalue weighted by atomic mass is 31.1. The molecular formula is C48H44O6P2. The van der Waals surface area contributed by atoms with E-state index in [2.05, 4.69) is 79.0 Å². The Hall–Kier alpha value is -5.80. The quantitative estimate of drug-likeness (QED) is 0.160. The molecule has 0 aliphatic rings. The van der Waals surface area contributed by atoms with Gasteiger partial charge in [0, 0.05) is 43.8 Å². The lowest BCUT2D eigenvalue weighted by Gasteiger charge is -2.28. The Kier molecular flexibility index (Phi) is 9.74. The molecule has 0 N–H and O–H groups in total. The highest BCUT2D eigenvalue weighted by Crippen LogP contribution is 2.52. The Balaban J connectivity index is 1.44. The molecule has 8 heteroatoms. The first kappa shape index (κ1) is 37.1. The fourth-order valence-electron chi connectivity index (χ4n) is 6.91. The number of hydrogen-bond donors (Lipinski definition) is 0. The van der Waals surface area contributed by atoms with Crippen molar-refractivity contribution in [1.82, 2.24) is 0 Å². The number of benzene rings is 6. The molecule has 0 saturated carbocycles. The van der Waals surface area contributed by atoms with Crippen LogP contribution in [0.25, 0.3) is 67.2 Å². The molecule has 0 saturated heterocycles. The normalized spacial score (nSPS) is 11.9. The lowest BCUT2D eigenvalue weighted by molar-refractivity contribution is 0.473. The highest BCUT2D eigenvalue weighted by Gasteiger charge is 2.30. The zero-order chi connectivity index (χ0) is 39.2. The maximum Gasteiger partial charge on any atom is 0.453 e. The van der Waals surface area contributed by atoms with Crippen molar-refractivity contribution >= 4 is 72.5 Å². The maximum atomic E-state index is 7.10. The van der Waals surface area contributed by atoms with Gasteiger partial charge in [0.25, 0.3) is 0 Å². The molecule has 0 bridgehead atoms. The van der Waals surface area contributed by atoms with Crippen LogP contribution in [0.5, 0.6) is 11.5 Å². The zero-order valence-electron chi connectivity index (χ0n) is 32.5. The summed E-state index contributed by atoms with van der Waals surface area (Å²) < 4.78 is 40.7. The van der Waals surface area contributed by atoms with Crippen LogP contribution in [-0.2, 0) is 10.8 Å². The van der Waals surface area contributed by atoms with Crippen molar-refractivity contribution in [3.8, 4) is 22.6 Å². The molecule has 0 unspecified atom stereocenters. The standard InChI is InChI=1S/C48H44O6P2/c1-9-31-27-37(45(39(29-31)47(3,4)5)53-55-49-41-23-15-11-19-33(41)34-20-12-16-24-42(34)50-55)38-28-32(10-2)30-40(48(6,7)8)46(38)54-56-51-43-25-17-13-21-35(43)36-22-14-18-26-44(36)52-56/h9-30H,1-2H2,3-8H3. The van der Waals surface area contributed by atoms with E-state index in [1.165, 1.54) is 0 Å². The van der Waals surface area contributed by atoms with Gasteiger partial charge in [-0.2, -0.15) is 0 Å². The smallest absolute Gasteiger partial charge is 0.390 e. The van der Waals surface area contributed by atoms with Gasteiger partial charge in [0.15, 0.2) is 0 Å². The lowest BCUT2D eigenvalue weighted by atomic mass is 9.80. The van der Waals surface area contributed by atoms with E-state index in [-0.39, 0.29) is 10.8 Å². The topological polar surface area (TPSA) is 71.0 Å². The van der Waals surface area contributed by atoms with Gasteiger partial charge in [0.2, 0.25) is 0 Å². The Bertz CT molecular complexity index is 2570. The summed E-state index contributed by atoms with van der Waals surface area (Å²) in [4.78, 5) is 0. The Morgan fingerprint density at radius 1 is 0.446 bits per heavy atom. The molecule has 0 aliphatic carbocycles. The van der Waals surface area contributed by atoms with Crippen molar-refractivity contribution in [3.63, 3.8) is 0 Å². The number of para-hydroxylation sites is 4. The minimum atomic E-state index is -1.99. The summed E-state index contributed by atoms with van der Waals surface area (Å²) in [5.74, 6) is 1.23. The molecule has 6 aromatic carbocycles. The first-order chi connectivity index (χ1) is 26.9. The average molecular weight is 779 g/mol. The van der Waals surface area contributed by atoms with Gasteiger partial charge in [-0.05, 0) is 70.5 Å². The van der Waals surface area contributed by atoms with E-state index in [9.17, 15) is 0 Å². The third-order valence-electron chi connectivity index (χ3n) is 9.75. The van der Waals surface area contributed by atoms with Crippen molar-refractivity contribution < 1.29 is 25.8 Å². The molecule has 8 rings (SSSR count). The monoisotopic (exact) mass is 778 g/mol. The minimum Gasteiger partial charge on any atom is -0.390 e. The van der Waals surface area contributed by atoms with Crippen LogP contribution in [0.4, 0.5) is 0 Å². The summed E-state index contributed by atoms with van der Waals surface area (Å²) in [6.07, 6.45) is 3.72. The number of fused-ring (bicyclic) bond motifs is 6. The summed E-state index contributed by atoms with van der Waals surface area (Å²) in [5.41, 5.74) is 7.31. The second kappa shape index (κ2) is 14.7. The largest absolute Gasteiger partial charge is 0.453 e. The Morgan fingerprint density at radius 3 is 1.00 bits per heavy atom. The van der Waals surface area contributed by atoms with Gasteiger partial charge in [0.05, 0.1) is 0 Å². The van der Waals surface area contributed by atoms with Crippen LogP contribution in [0.3, 0.4) is 0 Å². The van der Waals surface area contributed by atoms with Crippen LogP contribution >= 0.6 is 16.5 Å². The van der Waals surface area contributed by atoms with Crippen LogP contribution < -0.4 is 9.05 Å². The molecular weight excluding hydrogens is 734 g/mol. The first-order valence-electron chi connectivity index (χ1n) is 18.6. The zero-order valence-corrected chi connectivity index (χ0v) is 34.2. The average Bonchev–Trinajstić information content (AvgIpc) is 3.44. The fraction of sp³-hybridized carbons (Fsp3) is 0.167. The molecule has 0 aliphatic heterocycles. The summed E-state index contributed by atoms with van der Waals surface area (Å²) in [6, 6.07) is 40.2. The summed E-state index contributed by atoms with van der Waals surface area (Å²) in [6.45, 7) is 21.4. The van der Waals surface area contributed by atoms with Crippen molar-refractivity contribution in [1.29, 1.82) is 0 Å². The van der Waals surface area contributed by atoms with Gasteiger partial charge >= 0.3 is 16.5 Å². The van der Waals surface area contributed by atoms with Gasteiger partial charge in [-0.3, -0.25) is 0 Å². The molecule has 282 valence electrons. The maximum absolute atomic E-state index is 7.10. The SMILES string of the molecule is C=Cc1cc(-c2cc(C=C)cc(C(C)(C)C)c2Op2oc3ccccc3c3ccccc3o2)c(Op2oc3ccccc3c3ccccc3o2)c(C(C)(C)C)c1. The molecule has 0 amide bonds. The predicted octanol–water partition coefficient (Wildman–Crippen LogP) is 16.1. The van der Waals surface area contributed by atoms with Crippen LogP contribution in [0.2, 0.25) is 0 Å². The summed E-state index contributed by atoms with van der Waals surface area (Å²) >= 11 is 0. The van der Waals surface area contributed by atoms with Gasteiger partial charge < -0.3 is 25.8 Å². The predicted molar refractivity (Wildman–Crippen MR) is 234 cm³/mol. The summed E-state index contributed by atoms with van der Waals surface area (Å²) in [7, 11) is -3.99. The Labute approximate surface area is 328 Å². The van der Waals surface area contributed by atoms with Gasteiger partial charge in [0.1, 0.15) is 33.8 Å². The van der Waals surface area contributed by atoms with Gasteiger partial charge in [-0.25, -0.2) is 0 Å². The molecule has 0 spiro atoms. The third kappa shape index (κ3) is 7.19. The van der Waals surface area contributed by atoms with E-state index >= 15 is 0 Å². The molecule has 0 radical (unpaired) electrons. The fourth-order valence-corrected chi connectivity index (χ4v) is 9.10. The van der Waals surface area contributed by atoms with Crippen LogP contribution in [-0.4, -0.2) is 0 Å². The molecule has 0 atom stereocenters. The van der Waals surface area contributed by atoms with E-state index in [1.54, 1.807) is 0 Å². The molecule has 2 heterocycles. The second-order valence-corrected chi connectivity index (χ2v) is 17.8. The molecule has 0 fully saturated rings. The number of hydrogen-bond acceptors (Lipinski definition) is 6. The van der Waals surface area contributed by atoms with Gasteiger partial charge in [-0.15, -0.1) is 0 Å². The molecule has 56 heavy (non-hydrogen) atoms. The van der Waals surface area contributed by atoms with Crippen LogP contribution in [0.15, 0.2) is 151 Å². The van der Waals surface area contributed by atoms with E-state index in [0.717, 1.165) is 54.9 Å². The molecule has 6 nitrogen and oxygen atoms in total. The van der Waals surface area contributed by atoms with Gasteiger partial charge in [-0.1, -0.05) is 140 Å². The highest BCUT2D eigenvalue weighted by molar-refractivity contribution is 7.32. The van der Waals surface area contributed by atoms with Crippen molar-refractivity contribution in [2.75, 3.05) is 0 Å². The van der Waals surface area contributed by atoms with Crippen LogP contribution in [0, 0.1) is 0 Å². The van der Waals surface area contributed by atoms with Crippen molar-refractivity contribution in [2.45, 2.75) is 52.4 Å². The van der Waals surface area contributed by atoms with Crippen molar-refractivity contribution in [3.05, 3.63) is 157 Å². The van der Waals surface area contributed by atoms with E-state index < -0.39 is 16.5 Å². The number of rotatable bonds is 7. The van der Waals surface area contributed by atoms with E-state index in [4.69, 9.17) is 25.8 Å². The van der Waals surface area contributed by atoms with Crippen molar-refractivity contribution in [2.24, 2.45) is 0 Å². The third-order valence-corrected chi connectivity index (χ3v) is 11.8. The van der Waals surface area contributed by atoms with E-state index in [0.29, 0.717) is 33.8 Å². The second-order valence-electron chi connectivity index (χ2n) is 15.8. The summed E-state index contributed by atoms with van der Waals surface area (Å²) in [5, 5.41) is 3.75. The van der Waals surface area contributed by atoms with E-state index in [1.807, 2.05) is 109 Å². The van der Waals surface area contributed by atoms with Crippen LogP contribution in [0.1, 0.15) is 63.8 Å².